The first-order chi connectivity index (χ1) is 17.9. The largest absolute Gasteiger partial charge is 0.338 e. The standard InChI is InChI=1S/C28H32N6O2S/c1-4-8-24(35)33-14-13-32(16-20(33)3)25(36)18-37-28-29-27-26(30-31-28)22-15-19(2)11-12-23(22)34(27)17-21-9-6-5-7-10-21/h5-7,9-12,15,20H,4,8,13-14,16-18H2,1-3H3. The predicted molar refractivity (Wildman–Crippen MR) is 146 cm³/mol. The number of aryl methyl sites for hydroxylation is 1. The van der Waals surface area contributed by atoms with E-state index in [0.717, 1.165) is 34.1 Å². The molecule has 4 aromatic rings. The Morgan fingerprint density at radius 1 is 1.05 bits per heavy atom. The second-order valence-corrected chi connectivity index (χ2v) is 10.6. The zero-order chi connectivity index (χ0) is 25.9. The summed E-state index contributed by atoms with van der Waals surface area (Å²) in [6, 6.07) is 16.6. The van der Waals surface area contributed by atoms with Crippen LogP contribution in [0.3, 0.4) is 0 Å². The first-order valence-electron chi connectivity index (χ1n) is 12.8. The van der Waals surface area contributed by atoms with Gasteiger partial charge >= 0.3 is 0 Å². The normalized spacial score (nSPS) is 16.0. The van der Waals surface area contributed by atoms with Gasteiger partial charge in [-0.25, -0.2) is 4.98 Å². The third-order valence-corrected chi connectivity index (χ3v) is 7.70. The van der Waals surface area contributed by atoms with Crippen LogP contribution in [0.5, 0.6) is 0 Å². The Bertz CT molecular complexity index is 1440. The Morgan fingerprint density at radius 2 is 1.86 bits per heavy atom. The Labute approximate surface area is 221 Å². The van der Waals surface area contributed by atoms with E-state index in [9.17, 15) is 9.59 Å². The van der Waals surface area contributed by atoms with Gasteiger partial charge in [-0.2, -0.15) is 0 Å². The van der Waals surface area contributed by atoms with E-state index in [1.54, 1.807) is 0 Å². The quantitative estimate of drug-likeness (QED) is 0.341. The minimum atomic E-state index is 0.0215. The van der Waals surface area contributed by atoms with Crippen LogP contribution in [0.15, 0.2) is 53.7 Å². The van der Waals surface area contributed by atoms with Crippen LogP contribution in [0.2, 0.25) is 0 Å². The van der Waals surface area contributed by atoms with Crippen LogP contribution in [0.1, 0.15) is 37.8 Å². The molecule has 3 heterocycles. The molecule has 0 saturated carbocycles. The van der Waals surface area contributed by atoms with Crippen LogP contribution in [0.4, 0.5) is 0 Å². The molecule has 1 aliphatic heterocycles. The summed E-state index contributed by atoms with van der Waals surface area (Å²) in [5.41, 5.74) is 4.94. The molecular weight excluding hydrogens is 484 g/mol. The summed E-state index contributed by atoms with van der Waals surface area (Å²) >= 11 is 1.31. The molecular formula is C28H32N6O2S. The smallest absolute Gasteiger partial charge is 0.233 e. The molecule has 8 nitrogen and oxygen atoms in total. The third-order valence-electron chi connectivity index (χ3n) is 6.88. The van der Waals surface area contributed by atoms with Crippen molar-refractivity contribution in [3.63, 3.8) is 0 Å². The van der Waals surface area contributed by atoms with Crippen molar-refractivity contribution in [2.45, 2.75) is 51.4 Å². The van der Waals surface area contributed by atoms with E-state index >= 15 is 0 Å². The fourth-order valence-corrected chi connectivity index (χ4v) is 5.66. The van der Waals surface area contributed by atoms with Gasteiger partial charge in [0.25, 0.3) is 0 Å². The van der Waals surface area contributed by atoms with Gasteiger partial charge in [0.1, 0.15) is 5.52 Å². The van der Waals surface area contributed by atoms with Crippen LogP contribution in [-0.2, 0) is 16.1 Å². The molecule has 1 fully saturated rings. The topological polar surface area (TPSA) is 84.2 Å². The van der Waals surface area contributed by atoms with Gasteiger partial charge in [-0.15, -0.1) is 10.2 Å². The van der Waals surface area contributed by atoms with Crippen molar-refractivity contribution >= 4 is 45.6 Å². The number of thioether (sulfide) groups is 1. The Morgan fingerprint density at radius 3 is 2.62 bits per heavy atom. The van der Waals surface area contributed by atoms with E-state index in [-0.39, 0.29) is 23.6 Å². The van der Waals surface area contributed by atoms with Gasteiger partial charge in [0.05, 0.1) is 11.3 Å². The van der Waals surface area contributed by atoms with E-state index in [2.05, 4.69) is 52.0 Å². The lowest BCUT2D eigenvalue weighted by Gasteiger charge is -2.40. The molecule has 0 radical (unpaired) electrons. The highest BCUT2D eigenvalue weighted by Gasteiger charge is 2.29. The molecule has 0 bridgehead atoms. The van der Waals surface area contributed by atoms with Gasteiger partial charge in [0, 0.05) is 44.0 Å². The lowest BCUT2D eigenvalue weighted by molar-refractivity contribution is -0.141. The lowest BCUT2D eigenvalue weighted by atomic mass is 10.1. The molecule has 37 heavy (non-hydrogen) atoms. The van der Waals surface area contributed by atoms with Crippen LogP contribution < -0.4 is 0 Å². The second-order valence-electron chi connectivity index (χ2n) is 9.67. The number of piperazine rings is 1. The number of carbonyl (C=O) groups excluding carboxylic acids is 2. The SMILES string of the molecule is CCCC(=O)N1CCN(C(=O)CSc2nnc3c4cc(C)ccc4n(Cc4ccccc4)c3n2)CC1C. The summed E-state index contributed by atoms with van der Waals surface area (Å²) in [5.74, 6) is 0.440. The highest BCUT2D eigenvalue weighted by atomic mass is 32.2. The number of hydrogen-bond donors (Lipinski definition) is 0. The Balaban J connectivity index is 1.34. The van der Waals surface area contributed by atoms with Gasteiger partial charge in [0.15, 0.2) is 5.65 Å². The van der Waals surface area contributed by atoms with Crippen LogP contribution >= 0.6 is 11.8 Å². The molecule has 1 unspecified atom stereocenters. The van der Waals surface area contributed by atoms with Crippen molar-refractivity contribution in [1.82, 2.24) is 29.5 Å². The average molecular weight is 517 g/mol. The number of nitrogens with zero attached hydrogens (tertiary/aromatic N) is 6. The van der Waals surface area contributed by atoms with E-state index < -0.39 is 0 Å². The fraction of sp³-hybridized carbons (Fsp3) is 0.393. The zero-order valence-corrected chi connectivity index (χ0v) is 22.4. The van der Waals surface area contributed by atoms with Crippen LogP contribution in [-0.4, -0.2) is 72.8 Å². The molecule has 2 aromatic heterocycles. The summed E-state index contributed by atoms with van der Waals surface area (Å²) in [6.07, 6.45) is 1.39. The number of aromatic nitrogens is 4. The molecule has 9 heteroatoms. The number of rotatable bonds is 7. The molecule has 5 rings (SSSR count). The molecule has 1 aliphatic rings. The number of fused-ring (bicyclic) bond motifs is 3. The molecule has 2 aromatic carbocycles. The summed E-state index contributed by atoms with van der Waals surface area (Å²) in [4.78, 5) is 33.9. The highest BCUT2D eigenvalue weighted by molar-refractivity contribution is 7.99. The Kier molecular flexibility index (Phi) is 7.41. The van der Waals surface area contributed by atoms with Crippen LogP contribution in [0, 0.1) is 6.92 Å². The molecule has 1 atom stereocenters. The lowest BCUT2D eigenvalue weighted by Crippen LogP contribution is -2.55. The van der Waals surface area contributed by atoms with Crippen molar-refractivity contribution in [2.24, 2.45) is 0 Å². The maximum Gasteiger partial charge on any atom is 0.233 e. The predicted octanol–water partition coefficient (Wildman–Crippen LogP) is 4.29. The van der Waals surface area contributed by atoms with E-state index in [0.29, 0.717) is 37.8 Å². The maximum atomic E-state index is 13.0. The van der Waals surface area contributed by atoms with Gasteiger partial charge in [-0.1, -0.05) is 60.6 Å². The molecule has 0 aliphatic carbocycles. The molecule has 2 amide bonds. The monoisotopic (exact) mass is 516 g/mol. The Hall–Kier alpha value is -3.46. The zero-order valence-electron chi connectivity index (χ0n) is 21.6. The molecule has 1 saturated heterocycles. The van der Waals surface area contributed by atoms with Crippen molar-refractivity contribution in [3.8, 4) is 0 Å². The number of amides is 2. The maximum absolute atomic E-state index is 13.0. The van der Waals surface area contributed by atoms with Crippen molar-refractivity contribution in [1.29, 1.82) is 0 Å². The summed E-state index contributed by atoms with van der Waals surface area (Å²) in [7, 11) is 0. The van der Waals surface area contributed by atoms with Crippen LogP contribution in [0.25, 0.3) is 22.1 Å². The number of carbonyl (C=O) groups is 2. The van der Waals surface area contributed by atoms with Crippen molar-refractivity contribution in [2.75, 3.05) is 25.4 Å². The van der Waals surface area contributed by atoms with E-state index in [1.807, 2.05) is 41.8 Å². The molecule has 0 spiro atoms. The highest BCUT2D eigenvalue weighted by Crippen LogP contribution is 2.29. The van der Waals surface area contributed by atoms with Gasteiger partial charge in [0.2, 0.25) is 17.0 Å². The first kappa shape index (κ1) is 25.2. The first-order valence-corrected chi connectivity index (χ1v) is 13.8. The second kappa shape index (κ2) is 10.9. The van der Waals surface area contributed by atoms with E-state index in [4.69, 9.17) is 4.98 Å². The fourth-order valence-electron chi connectivity index (χ4n) is 4.97. The summed E-state index contributed by atoms with van der Waals surface area (Å²) < 4.78 is 2.17. The van der Waals surface area contributed by atoms with Crippen molar-refractivity contribution < 1.29 is 9.59 Å². The number of hydrogen-bond acceptors (Lipinski definition) is 6. The average Bonchev–Trinajstić information content (AvgIpc) is 3.19. The molecule has 192 valence electrons. The van der Waals surface area contributed by atoms with Gasteiger partial charge < -0.3 is 14.4 Å². The number of benzene rings is 2. The van der Waals surface area contributed by atoms with Gasteiger partial charge in [-0.05, 0) is 38.0 Å². The minimum absolute atomic E-state index is 0.0215. The summed E-state index contributed by atoms with van der Waals surface area (Å²) in [5, 5.41) is 10.4. The van der Waals surface area contributed by atoms with E-state index in [1.165, 1.54) is 17.3 Å². The summed E-state index contributed by atoms with van der Waals surface area (Å²) in [6.45, 7) is 8.45. The van der Waals surface area contributed by atoms with Gasteiger partial charge in [-0.3, -0.25) is 9.59 Å². The third kappa shape index (κ3) is 5.32. The van der Waals surface area contributed by atoms with Crippen molar-refractivity contribution in [3.05, 3.63) is 59.7 Å². The minimum Gasteiger partial charge on any atom is -0.338 e. The molecule has 0 N–H and O–H groups in total.